The first-order valence-corrected chi connectivity index (χ1v) is 11.6. The summed E-state index contributed by atoms with van der Waals surface area (Å²) in [4.78, 5) is 15.7. The van der Waals surface area contributed by atoms with Gasteiger partial charge in [0.05, 0.1) is 10.7 Å². The van der Waals surface area contributed by atoms with Crippen LogP contribution in [0.2, 0.25) is 0 Å². The molecule has 1 amide bonds. The molecule has 5 heteroatoms. The average Bonchev–Trinajstić information content (AvgIpc) is 3.04. The molecule has 1 fully saturated rings. The maximum absolute atomic E-state index is 13.0. The highest BCUT2D eigenvalue weighted by Gasteiger charge is 2.29. The summed E-state index contributed by atoms with van der Waals surface area (Å²) in [6.45, 7) is 4.34. The highest BCUT2D eigenvalue weighted by molar-refractivity contribution is 6.32. The average molecular weight is 426 g/mol. The molecule has 2 aliphatic carbocycles. The zero-order valence-electron chi connectivity index (χ0n) is 17.8. The number of hydrogen-bond donors (Lipinski definition) is 2. The van der Waals surface area contributed by atoms with E-state index in [2.05, 4.69) is 27.7 Å². The van der Waals surface area contributed by atoms with Gasteiger partial charge in [-0.3, -0.25) is 4.79 Å². The van der Waals surface area contributed by atoms with E-state index in [-0.39, 0.29) is 5.91 Å². The smallest absolute Gasteiger partial charge is 0.255 e. The fourth-order valence-corrected chi connectivity index (χ4v) is 5.15. The van der Waals surface area contributed by atoms with E-state index in [1.807, 2.05) is 31.2 Å². The minimum Gasteiger partial charge on any atom is -0.371 e. The number of carbonyl (C=O) groups is 1. The van der Waals surface area contributed by atoms with Crippen LogP contribution in [0.5, 0.6) is 0 Å². The zero-order valence-corrected chi connectivity index (χ0v) is 18.6. The number of nitrogens with zero attached hydrogens (tertiary/aromatic N) is 1. The molecule has 0 aromatic rings. The van der Waals surface area contributed by atoms with Crippen molar-refractivity contribution in [2.24, 2.45) is 0 Å². The van der Waals surface area contributed by atoms with Gasteiger partial charge in [-0.25, -0.2) is 0 Å². The second-order valence-electron chi connectivity index (χ2n) is 8.48. The summed E-state index contributed by atoms with van der Waals surface area (Å²) >= 11 is 6.56. The van der Waals surface area contributed by atoms with Gasteiger partial charge in [0, 0.05) is 43.4 Å². The van der Waals surface area contributed by atoms with E-state index in [0.29, 0.717) is 29.7 Å². The first kappa shape index (κ1) is 21.2. The Balaban J connectivity index is 1.51. The SMILES string of the molecule is C/C=C\C=C1/CNCC(NC(=O)C2=CC3=C(CC=C2)N(C2CCCCC2)CC3)=C1Cl. The molecule has 0 aromatic heterocycles. The lowest BCUT2D eigenvalue weighted by molar-refractivity contribution is -0.116. The van der Waals surface area contributed by atoms with Crippen molar-refractivity contribution in [1.29, 1.82) is 0 Å². The van der Waals surface area contributed by atoms with Crippen LogP contribution in [0.15, 0.2) is 69.6 Å². The summed E-state index contributed by atoms with van der Waals surface area (Å²) in [5.74, 6) is -0.0849. The normalized spacial score (nSPS) is 24.5. The van der Waals surface area contributed by atoms with Crippen molar-refractivity contribution < 1.29 is 4.79 Å². The van der Waals surface area contributed by atoms with Gasteiger partial charge >= 0.3 is 0 Å². The molecular formula is C25H32ClN3O. The van der Waals surface area contributed by atoms with Gasteiger partial charge in [-0.15, -0.1) is 0 Å². The molecule has 1 saturated carbocycles. The van der Waals surface area contributed by atoms with Crippen LogP contribution in [0, 0.1) is 0 Å². The highest BCUT2D eigenvalue weighted by Crippen LogP contribution is 2.35. The van der Waals surface area contributed by atoms with Crippen LogP contribution in [0.3, 0.4) is 0 Å². The number of allylic oxidation sites excluding steroid dienone is 5. The predicted molar refractivity (Wildman–Crippen MR) is 124 cm³/mol. The minimum absolute atomic E-state index is 0.0849. The fourth-order valence-electron chi connectivity index (χ4n) is 4.90. The number of hydrogen-bond acceptors (Lipinski definition) is 3. The lowest BCUT2D eigenvalue weighted by Gasteiger charge is -2.34. The molecule has 0 spiro atoms. The molecule has 0 bridgehead atoms. The van der Waals surface area contributed by atoms with Gasteiger partial charge < -0.3 is 15.5 Å². The van der Waals surface area contributed by atoms with Crippen LogP contribution in [0.1, 0.15) is 51.9 Å². The lowest BCUT2D eigenvalue weighted by atomic mass is 9.94. The van der Waals surface area contributed by atoms with Crippen LogP contribution < -0.4 is 10.6 Å². The summed E-state index contributed by atoms with van der Waals surface area (Å²) in [5, 5.41) is 7.01. The van der Waals surface area contributed by atoms with Crippen LogP contribution in [0.25, 0.3) is 0 Å². The maximum atomic E-state index is 13.0. The molecule has 0 radical (unpaired) electrons. The molecular weight excluding hydrogens is 394 g/mol. The minimum atomic E-state index is -0.0849. The van der Waals surface area contributed by atoms with Gasteiger partial charge in [0.2, 0.25) is 0 Å². The molecule has 2 aliphatic heterocycles. The number of amides is 1. The summed E-state index contributed by atoms with van der Waals surface area (Å²) in [7, 11) is 0. The molecule has 0 saturated heterocycles. The molecule has 4 aliphatic rings. The van der Waals surface area contributed by atoms with Crippen molar-refractivity contribution >= 4 is 17.5 Å². The van der Waals surface area contributed by atoms with Crippen LogP contribution in [-0.2, 0) is 4.79 Å². The number of rotatable bonds is 4. The monoisotopic (exact) mass is 425 g/mol. The van der Waals surface area contributed by atoms with Crippen LogP contribution in [-0.4, -0.2) is 36.5 Å². The van der Waals surface area contributed by atoms with Gasteiger partial charge in [0.1, 0.15) is 0 Å². The van der Waals surface area contributed by atoms with E-state index in [0.717, 1.165) is 30.7 Å². The van der Waals surface area contributed by atoms with Crippen molar-refractivity contribution in [2.75, 3.05) is 19.6 Å². The Kier molecular flexibility index (Phi) is 6.96. The van der Waals surface area contributed by atoms with Gasteiger partial charge in [-0.05, 0) is 43.4 Å². The van der Waals surface area contributed by atoms with Gasteiger partial charge in [-0.2, -0.15) is 0 Å². The first-order valence-electron chi connectivity index (χ1n) is 11.3. The molecule has 0 unspecified atom stereocenters. The molecule has 30 heavy (non-hydrogen) atoms. The summed E-state index contributed by atoms with van der Waals surface area (Å²) in [5.41, 5.74) is 5.20. The third-order valence-electron chi connectivity index (χ3n) is 6.47. The fraction of sp³-hybridized carbons (Fsp3) is 0.480. The second kappa shape index (κ2) is 9.84. The van der Waals surface area contributed by atoms with Crippen molar-refractivity contribution in [1.82, 2.24) is 15.5 Å². The van der Waals surface area contributed by atoms with Gasteiger partial charge in [-0.1, -0.05) is 61.2 Å². The Morgan fingerprint density at radius 1 is 1.27 bits per heavy atom. The largest absolute Gasteiger partial charge is 0.371 e. The molecule has 0 atom stereocenters. The Hall–Kier alpha value is -2.04. The second-order valence-corrected chi connectivity index (χ2v) is 8.86. The van der Waals surface area contributed by atoms with E-state index >= 15 is 0 Å². The third kappa shape index (κ3) is 4.65. The number of carbonyl (C=O) groups excluding carboxylic acids is 1. The van der Waals surface area contributed by atoms with E-state index in [4.69, 9.17) is 11.6 Å². The topological polar surface area (TPSA) is 44.4 Å². The van der Waals surface area contributed by atoms with E-state index < -0.39 is 0 Å². The van der Waals surface area contributed by atoms with Crippen LogP contribution in [0.4, 0.5) is 0 Å². The van der Waals surface area contributed by atoms with E-state index in [1.54, 1.807) is 0 Å². The van der Waals surface area contributed by atoms with Gasteiger partial charge in [0.25, 0.3) is 5.91 Å². The Morgan fingerprint density at radius 3 is 2.90 bits per heavy atom. The predicted octanol–water partition coefficient (Wildman–Crippen LogP) is 4.84. The Labute approximate surface area is 185 Å². The number of nitrogens with one attached hydrogen (secondary N) is 2. The van der Waals surface area contributed by atoms with Crippen molar-refractivity contribution in [3.05, 3.63) is 69.6 Å². The number of halogens is 1. The zero-order chi connectivity index (χ0) is 20.9. The Morgan fingerprint density at radius 2 is 2.10 bits per heavy atom. The third-order valence-corrected chi connectivity index (χ3v) is 6.94. The lowest BCUT2D eigenvalue weighted by Crippen LogP contribution is -2.35. The summed E-state index contributed by atoms with van der Waals surface area (Å²) in [6.07, 6.45) is 20.7. The quantitative estimate of drug-likeness (QED) is 0.677. The van der Waals surface area contributed by atoms with Crippen LogP contribution >= 0.6 is 11.6 Å². The molecule has 4 nitrogen and oxygen atoms in total. The summed E-state index contributed by atoms with van der Waals surface area (Å²) < 4.78 is 0. The molecule has 2 N–H and O–H groups in total. The van der Waals surface area contributed by atoms with Crippen molar-refractivity contribution in [3.8, 4) is 0 Å². The maximum Gasteiger partial charge on any atom is 0.255 e. The van der Waals surface area contributed by atoms with Crippen molar-refractivity contribution in [3.63, 3.8) is 0 Å². The standard InChI is InChI=1S/C25H32ClN3O/c1-2-3-8-20-16-27-17-22(24(20)26)28-25(30)19-9-7-12-23-18(15-19)13-14-29(23)21-10-5-4-6-11-21/h2-3,7-9,15,21,27H,4-6,10-14,16-17H2,1H3,(H,28,30)/b3-2-,20-8+. The molecule has 160 valence electrons. The first-order chi connectivity index (χ1) is 14.7. The van der Waals surface area contributed by atoms with E-state index in [9.17, 15) is 4.79 Å². The molecule has 0 aromatic carbocycles. The molecule has 4 rings (SSSR count). The van der Waals surface area contributed by atoms with Crippen molar-refractivity contribution in [2.45, 2.75) is 57.9 Å². The Bertz CT molecular complexity index is 869. The highest BCUT2D eigenvalue weighted by atomic mass is 35.5. The van der Waals surface area contributed by atoms with E-state index in [1.165, 1.54) is 43.4 Å². The molecule has 2 heterocycles. The van der Waals surface area contributed by atoms with Gasteiger partial charge in [0.15, 0.2) is 0 Å². The summed E-state index contributed by atoms with van der Waals surface area (Å²) in [6, 6.07) is 0.683.